The molecule has 5 N–H and O–H groups in total. The third kappa shape index (κ3) is 3.49. The van der Waals surface area contributed by atoms with Crippen molar-refractivity contribution in [3.05, 3.63) is 52.2 Å². The van der Waals surface area contributed by atoms with Gasteiger partial charge in [-0.1, -0.05) is 6.08 Å². The zero-order valence-electron chi connectivity index (χ0n) is 19.1. The van der Waals surface area contributed by atoms with E-state index in [1.165, 1.54) is 11.3 Å². The lowest BCUT2D eigenvalue weighted by Gasteiger charge is -2.40. The van der Waals surface area contributed by atoms with Gasteiger partial charge in [-0.2, -0.15) is 5.26 Å². The Balaban J connectivity index is 1.55. The molecule has 3 heterocycles. The van der Waals surface area contributed by atoms with Gasteiger partial charge in [0.1, 0.15) is 11.1 Å². The first-order valence-electron chi connectivity index (χ1n) is 11.8. The van der Waals surface area contributed by atoms with E-state index in [4.69, 9.17) is 16.5 Å². The van der Waals surface area contributed by atoms with Crippen LogP contribution in [-0.4, -0.2) is 41.4 Å². The zero-order chi connectivity index (χ0) is 23.9. The van der Waals surface area contributed by atoms with Crippen LogP contribution < -0.4 is 21.7 Å². The number of hydrogen-bond donors (Lipinski definition) is 3. The first-order valence-corrected chi connectivity index (χ1v) is 12.6. The van der Waals surface area contributed by atoms with E-state index in [9.17, 15) is 10.1 Å². The van der Waals surface area contributed by atoms with E-state index in [0.717, 1.165) is 62.2 Å². The van der Waals surface area contributed by atoms with E-state index in [0.29, 0.717) is 39.9 Å². The average molecular weight is 476 g/mol. The molecule has 0 radical (unpaired) electrons. The number of nitrogen functional groups attached to an aromatic ring is 1. The summed E-state index contributed by atoms with van der Waals surface area (Å²) in [4.78, 5) is 26.5. The van der Waals surface area contributed by atoms with E-state index in [2.05, 4.69) is 27.8 Å². The quantitative estimate of drug-likeness (QED) is 0.456. The minimum absolute atomic E-state index is 0.0257. The minimum Gasteiger partial charge on any atom is -0.397 e. The number of thiophene rings is 1. The van der Waals surface area contributed by atoms with Crippen LogP contribution in [0.1, 0.15) is 53.8 Å². The third-order valence-corrected chi connectivity index (χ3v) is 8.48. The molecule has 2 fully saturated rings. The van der Waals surface area contributed by atoms with E-state index in [1.807, 2.05) is 6.08 Å². The molecule has 0 bridgehead atoms. The van der Waals surface area contributed by atoms with Gasteiger partial charge in [0.05, 0.1) is 28.4 Å². The summed E-state index contributed by atoms with van der Waals surface area (Å²) in [6, 6.07) is 4.13. The Bertz CT molecular complexity index is 1230. The Morgan fingerprint density at radius 2 is 2.18 bits per heavy atom. The molecule has 9 heteroatoms. The van der Waals surface area contributed by atoms with Crippen molar-refractivity contribution in [1.29, 1.82) is 5.26 Å². The molecule has 1 spiro atoms. The SMILES string of the molecule is C=C[C@H]1CNCCN1c1nccc(C(N)=C2CCC[C@@]3(CCCc4sc(N)c(C#N)c43)C2=O)n1. The van der Waals surface area contributed by atoms with Gasteiger partial charge < -0.3 is 21.7 Å². The second kappa shape index (κ2) is 8.85. The zero-order valence-corrected chi connectivity index (χ0v) is 20.0. The summed E-state index contributed by atoms with van der Waals surface area (Å²) >= 11 is 1.45. The highest BCUT2D eigenvalue weighted by Crippen LogP contribution is 2.52. The highest BCUT2D eigenvalue weighted by molar-refractivity contribution is 7.16. The number of anilines is 2. The molecule has 5 rings (SSSR count). The Hall–Kier alpha value is -3.22. The van der Waals surface area contributed by atoms with Gasteiger partial charge in [-0.05, 0) is 50.2 Å². The highest BCUT2D eigenvalue weighted by Gasteiger charge is 2.49. The summed E-state index contributed by atoms with van der Waals surface area (Å²) in [5, 5.41) is 13.7. The van der Waals surface area contributed by atoms with Crippen molar-refractivity contribution in [2.45, 2.75) is 50.0 Å². The maximum atomic E-state index is 14.1. The molecule has 1 aliphatic heterocycles. The second-order valence-electron chi connectivity index (χ2n) is 9.20. The molecule has 2 aliphatic carbocycles. The summed E-state index contributed by atoms with van der Waals surface area (Å²) in [6.07, 6.45) is 8.22. The number of carbonyl (C=O) groups is 1. The van der Waals surface area contributed by atoms with Gasteiger partial charge in [-0.3, -0.25) is 4.79 Å². The van der Waals surface area contributed by atoms with E-state index in [-0.39, 0.29) is 11.8 Å². The number of allylic oxidation sites excluding steroid dienone is 1. The summed E-state index contributed by atoms with van der Waals surface area (Å²) in [5.74, 6) is 0.612. The standard InChI is InChI=1S/C25H29N7OS/c1-2-15-14-29-11-12-32(15)24-30-10-7-18(31-24)21(27)16-5-3-8-25(22(16)33)9-4-6-19-20(25)17(13-26)23(28)34-19/h2,7,10,15,29H,1,3-6,8-9,11-12,14,27-28H2/t15-,25-/m0/s1. The predicted octanol–water partition coefficient (Wildman–Crippen LogP) is 2.65. The fourth-order valence-electron chi connectivity index (χ4n) is 5.76. The van der Waals surface area contributed by atoms with Crippen molar-refractivity contribution in [2.75, 3.05) is 30.3 Å². The number of fused-ring (bicyclic) bond motifs is 2. The van der Waals surface area contributed by atoms with Crippen LogP contribution in [0.2, 0.25) is 0 Å². The summed E-state index contributed by atoms with van der Waals surface area (Å²) in [7, 11) is 0. The van der Waals surface area contributed by atoms with Gasteiger partial charge >= 0.3 is 0 Å². The molecular formula is C25H29N7OS. The molecular weight excluding hydrogens is 446 g/mol. The molecule has 1 saturated carbocycles. The van der Waals surface area contributed by atoms with Crippen LogP contribution in [0.25, 0.3) is 5.70 Å². The number of rotatable bonds is 3. The molecule has 2 aromatic heterocycles. The van der Waals surface area contributed by atoms with E-state index < -0.39 is 5.41 Å². The molecule has 3 aliphatic rings. The van der Waals surface area contributed by atoms with Crippen molar-refractivity contribution in [2.24, 2.45) is 5.73 Å². The minimum atomic E-state index is -0.715. The molecule has 8 nitrogen and oxygen atoms in total. The number of nitrogens with two attached hydrogens (primary N) is 2. The van der Waals surface area contributed by atoms with Gasteiger partial charge in [0, 0.05) is 36.3 Å². The van der Waals surface area contributed by atoms with Gasteiger partial charge in [0.2, 0.25) is 5.95 Å². The van der Waals surface area contributed by atoms with E-state index >= 15 is 0 Å². The van der Waals surface area contributed by atoms with Gasteiger partial charge in [-0.15, -0.1) is 17.9 Å². The van der Waals surface area contributed by atoms with Crippen LogP contribution in [0.3, 0.4) is 0 Å². The predicted molar refractivity (Wildman–Crippen MR) is 134 cm³/mol. The Morgan fingerprint density at radius 3 is 2.94 bits per heavy atom. The molecule has 1 saturated heterocycles. The first-order chi connectivity index (χ1) is 16.5. The number of aromatic nitrogens is 2. The van der Waals surface area contributed by atoms with E-state index in [1.54, 1.807) is 12.3 Å². The summed E-state index contributed by atoms with van der Waals surface area (Å²) < 4.78 is 0. The van der Waals surface area contributed by atoms with Crippen LogP contribution in [0, 0.1) is 11.3 Å². The number of carbonyl (C=O) groups excluding carboxylic acids is 1. The molecule has 0 aromatic carbocycles. The Labute approximate surface area is 203 Å². The third-order valence-electron chi connectivity index (χ3n) is 7.40. The Morgan fingerprint density at radius 1 is 1.38 bits per heavy atom. The molecule has 0 unspecified atom stereocenters. The van der Waals surface area contributed by atoms with Crippen LogP contribution in [-0.2, 0) is 16.6 Å². The van der Waals surface area contributed by atoms with Crippen LogP contribution in [0.5, 0.6) is 0 Å². The summed E-state index contributed by atoms with van der Waals surface area (Å²) in [5.41, 5.74) is 15.0. The van der Waals surface area contributed by atoms with Gasteiger partial charge in [-0.25, -0.2) is 9.97 Å². The maximum Gasteiger partial charge on any atom is 0.226 e. The largest absolute Gasteiger partial charge is 0.397 e. The number of ketones is 1. The van der Waals surface area contributed by atoms with Crippen molar-refractivity contribution < 1.29 is 4.79 Å². The number of piperazine rings is 1. The fraction of sp³-hybridized carbons (Fsp3) is 0.440. The first kappa shape index (κ1) is 22.6. The molecule has 2 aromatic rings. The monoisotopic (exact) mass is 475 g/mol. The second-order valence-corrected chi connectivity index (χ2v) is 10.3. The normalized spacial score (nSPS) is 26.1. The van der Waals surface area contributed by atoms with Gasteiger partial charge in [0.15, 0.2) is 5.78 Å². The average Bonchev–Trinajstić information content (AvgIpc) is 3.21. The Kier molecular flexibility index (Phi) is 5.88. The van der Waals surface area contributed by atoms with Crippen LogP contribution >= 0.6 is 11.3 Å². The smallest absolute Gasteiger partial charge is 0.226 e. The topological polar surface area (TPSA) is 134 Å². The molecule has 2 atom stereocenters. The van der Waals surface area contributed by atoms with Crippen LogP contribution in [0.15, 0.2) is 30.5 Å². The lowest BCUT2D eigenvalue weighted by Crippen LogP contribution is -2.51. The molecule has 176 valence electrons. The highest BCUT2D eigenvalue weighted by atomic mass is 32.1. The number of nitriles is 1. The van der Waals surface area contributed by atoms with Crippen LogP contribution in [0.4, 0.5) is 10.9 Å². The van der Waals surface area contributed by atoms with Crippen molar-refractivity contribution >= 4 is 33.8 Å². The van der Waals surface area contributed by atoms with Crippen molar-refractivity contribution in [1.82, 2.24) is 15.3 Å². The lowest BCUT2D eigenvalue weighted by atomic mass is 9.61. The number of Topliss-reactive ketones (excluding diaryl/α,β-unsaturated/α-hetero) is 1. The van der Waals surface area contributed by atoms with Gasteiger partial charge in [0.25, 0.3) is 0 Å². The number of aryl methyl sites for hydroxylation is 1. The molecule has 34 heavy (non-hydrogen) atoms. The molecule has 0 amide bonds. The number of nitrogens with one attached hydrogen (secondary N) is 1. The summed E-state index contributed by atoms with van der Waals surface area (Å²) in [6.45, 7) is 6.31. The van der Waals surface area contributed by atoms with Crippen molar-refractivity contribution in [3.63, 3.8) is 0 Å². The number of hydrogen-bond acceptors (Lipinski definition) is 9. The maximum absolute atomic E-state index is 14.1. The van der Waals surface area contributed by atoms with Crippen molar-refractivity contribution in [3.8, 4) is 6.07 Å². The number of nitrogens with zero attached hydrogens (tertiary/aromatic N) is 4. The lowest BCUT2D eigenvalue weighted by molar-refractivity contribution is -0.122. The fourth-order valence-corrected chi connectivity index (χ4v) is 6.92.